The first-order valence-electron chi connectivity index (χ1n) is 6.62. The van der Waals surface area contributed by atoms with E-state index < -0.39 is 0 Å². The summed E-state index contributed by atoms with van der Waals surface area (Å²) in [6, 6.07) is 1.98. The summed E-state index contributed by atoms with van der Waals surface area (Å²) in [5.74, 6) is 2.34. The van der Waals surface area contributed by atoms with Crippen LogP contribution in [0.25, 0.3) is 0 Å². The third kappa shape index (κ3) is 3.42. The third-order valence-corrected chi connectivity index (χ3v) is 4.02. The van der Waals surface area contributed by atoms with E-state index in [9.17, 15) is 0 Å². The highest BCUT2D eigenvalue weighted by Crippen LogP contribution is 2.45. The maximum absolute atomic E-state index is 5.70. The highest BCUT2D eigenvalue weighted by atomic mass is 79.9. The predicted molar refractivity (Wildman–Crippen MR) is 83.4 cm³/mol. The van der Waals surface area contributed by atoms with E-state index >= 15 is 0 Å². The molecular formula is C15H24BrNO2. The Balaban J connectivity index is 3.51. The molecule has 0 radical (unpaired) electrons. The molecule has 0 bridgehead atoms. The summed E-state index contributed by atoms with van der Waals surface area (Å²) in [5, 5.41) is 0. The zero-order valence-electron chi connectivity index (χ0n) is 12.4. The quantitative estimate of drug-likeness (QED) is 0.856. The van der Waals surface area contributed by atoms with Crippen LogP contribution < -0.4 is 15.2 Å². The monoisotopic (exact) mass is 329 g/mol. The first kappa shape index (κ1) is 16.3. The highest BCUT2D eigenvalue weighted by molar-refractivity contribution is 9.10. The third-order valence-electron chi connectivity index (χ3n) is 3.37. The summed E-state index contributed by atoms with van der Waals surface area (Å²) < 4.78 is 12.1. The second-order valence-corrected chi connectivity index (χ2v) is 5.91. The van der Waals surface area contributed by atoms with Crippen LogP contribution in [0, 0.1) is 0 Å². The molecule has 0 heterocycles. The number of rotatable bonds is 6. The summed E-state index contributed by atoms with van der Waals surface area (Å²) in [6.07, 6.45) is 0.952. The van der Waals surface area contributed by atoms with Gasteiger partial charge in [0.05, 0.1) is 14.2 Å². The summed E-state index contributed by atoms with van der Waals surface area (Å²) in [5.41, 5.74) is 8.18. The van der Waals surface area contributed by atoms with Gasteiger partial charge in [0, 0.05) is 10.0 Å². The van der Waals surface area contributed by atoms with Crippen LogP contribution in [-0.2, 0) is 0 Å². The molecule has 1 unspecified atom stereocenters. The van der Waals surface area contributed by atoms with Crippen molar-refractivity contribution in [3.63, 3.8) is 0 Å². The number of halogens is 1. The topological polar surface area (TPSA) is 44.5 Å². The van der Waals surface area contributed by atoms with Gasteiger partial charge in [0.1, 0.15) is 0 Å². The fraction of sp³-hybridized carbons (Fsp3) is 0.600. The lowest BCUT2D eigenvalue weighted by atomic mass is 9.87. The maximum atomic E-state index is 5.70. The van der Waals surface area contributed by atoms with Crippen LogP contribution in [0.3, 0.4) is 0 Å². The number of methoxy groups -OCH3 is 2. The van der Waals surface area contributed by atoms with E-state index in [1.807, 2.05) is 6.07 Å². The van der Waals surface area contributed by atoms with Gasteiger partial charge in [0.25, 0.3) is 0 Å². The van der Waals surface area contributed by atoms with Gasteiger partial charge in [-0.1, -0.05) is 36.7 Å². The van der Waals surface area contributed by atoms with Gasteiger partial charge < -0.3 is 15.2 Å². The van der Waals surface area contributed by atoms with Gasteiger partial charge in [-0.3, -0.25) is 0 Å². The lowest BCUT2D eigenvalue weighted by molar-refractivity contribution is 0.349. The summed E-state index contributed by atoms with van der Waals surface area (Å²) in [6.45, 7) is 7.22. The standard InChI is InChI=1S/C15H24BrNO2/c1-9(2)13-14(10(3)6-7-17)11(16)8-12(18-4)15(13)19-5/h8-10H,6-7,17H2,1-5H3. The van der Waals surface area contributed by atoms with Crippen molar-refractivity contribution < 1.29 is 9.47 Å². The predicted octanol–water partition coefficient (Wildman–Crippen LogP) is 4.04. The van der Waals surface area contributed by atoms with Gasteiger partial charge in [-0.25, -0.2) is 0 Å². The lowest BCUT2D eigenvalue weighted by Crippen LogP contribution is -2.10. The average Bonchev–Trinajstić information content (AvgIpc) is 2.37. The molecule has 0 aliphatic heterocycles. The Bertz CT molecular complexity index is 433. The molecule has 0 saturated heterocycles. The van der Waals surface area contributed by atoms with Crippen LogP contribution in [0.2, 0.25) is 0 Å². The Labute approximate surface area is 124 Å². The molecule has 0 spiro atoms. The molecule has 2 N–H and O–H groups in total. The number of benzene rings is 1. The normalized spacial score (nSPS) is 12.6. The molecule has 19 heavy (non-hydrogen) atoms. The van der Waals surface area contributed by atoms with Crippen molar-refractivity contribution in [2.24, 2.45) is 5.73 Å². The molecule has 0 aliphatic carbocycles. The number of hydrogen-bond donors (Lipinski definition) is 1. The molecule has 0 aliphatic rings. The lowest BCUT2D eigenvalue weighted by Gasteiger charge is -2.24. The second kappa shape index (κ2) is 7.15. The smallest absolute Gasteiger partial charge is 0.164 e. The van der Waals surface area contributed by atoms with Crippen LogP contribution in [0.1, 0.15) is 50.2 Å². The van der Waals surface area contributed by atoms with Crippen LogP contribution in [0.5, 0.6) is 11.5 Å². The van der Waals surface area contributed by atoms with E-state index in [2.05, 4.69) is 36.7 Å². The Hall–Kier alpha value is -0.740. The molecule has 0 fully saturated rings. The van der Waals surface area contributed by atoms with Crippen LogP contribution in [-0.4, -0.2) is 20.8 Å². The SMILES string of the molecule is COc1cc(Br)c(C(C)CCN)c(C(C)C)c1OC. The molecule has 1 rings (SSSR count). The Morgan fingerprint density at radius 2 is 1.79 bits per heavy atom. The van der Waals surface area contributed by atoms with Crippen LogP contribution in [0.15, 0.2) is 10.5 Å². The Morgan fingerprint density at radius 3 is 2.21 bits per heavy atom. The zero-order chi connectivity index (χ0) is 14.6. The molecule has 4 heteroatoms. The fourth-order valence-electron chi connectivity index (χ4n) is 2.47. The molecule has 0 aromatic heterocycles. The molecule has 0 saturated carbocycles. The van der Waals surface area contributed by atoms with Gasteiger partial charge >= 0.3 is 0 Å². The van der Waals surface area contributed by atoms with Crippen LogP contribution in [0.4, 0.5) is 0 Å². The summed E-state index contributed by atoms with van der Waals surface area (Å²) in [7, 11) is 3.35. The summed E-state index contributed by atoms with van der Waals surface area (Å²) >= 11 is 3.66. The Morgan fingerprint density at radius 1 is 1.16 bits per heavy atom. The first-order chi connectivity index (χ1) is 8.97. The van der Waals surface area contributed by atoms with E-state index in [0.29, 0.717) is 18.4 Å². The number of hydrogen-bond acceptors (Lipinski definition) is 3. The van der Waals surface area contributed by atoms with Crippen molar-refractivity contribution in [2.45, 2.75) is 39.0 Å². The average molecular weight is 330 g/mol. The largest absolute Gasteiger partial charge is 0.493 e. The van der Waals surface area contributed by atoms with Crippen LogP contribution >= 0.6 is 15.9 Å². The van der Waals surface area contributed by atoms with Gasteiger partial charge in [-0.15, -0.1) is 0 Å². The van der Waals surface area contributed by atoms with Crippen molar-refractivity contribution in [3.05, 3.63) is 21.7 Å². The maximum Gasteiger partial charge on any atom is 0.164 e. The van der Waals surface area contributed by atoms with Gasteiger partial charge in [0.15, 0.2) is 11.5 Å². The van der Waals surface area contributed by atoms with Crippen molar-refractivity contribution in [3.8, 4) is 11.5 Å². The van der Waals surface area contributed by atoms with Crippen molar-refractivity contribution in [1.82, 2.24) is 0 Å². The second-order valence-electron chi connectivity index (χ2n) is 5.05. The Kier molecular flexibility index (Phi) is 6.14. The van der Waals surface area contributed by atoms with Crippen molar-refractivity contribution >= 4 is 15.9 Å². The van der Waals surface area contributed by atoms with Gasteiger partial charge in [-0.2, -0.15) is 0 Å². The molecule has 1 aromatic rings. The van der Waals surface area contributed by atoms with E-state index in [4.69, 9.17) is 15.2 Å². The van der Waals surface area contributed by atoms with Crippen molar-refractivity contribution in [1.29, 1.82) is 0 Å². The molecule has 1 atom stereocenters. The molecule has 1 aromatic carbocycles. The first-order valence-corrected chi connectivity index (χ1v) is 7.41. The van der Waals surface area contributed by atoms with Gasteiger partial charge in [0.2, 0.25) is 0 Å². The molecule has 0 amide bonds. The minimum Gasteiger partial charge on any atom is -0.493 e. The molecule has 3 nitrogen and oxygen atoms in total. The molecular weight excluding hydrogens is 306 g/mol. The minimum absolute atomic E-state index is 0.358. The molecule has 108 valence electrons. The zero-order valence-corrected chi connectivity index (χ0v) is 14.0. The fourth-order valence-corrected chi connectivity index (χ4v) is 3.28. The number of nitrogens with two attached hydrogens (primary N) is 1. The van der Waals surface area contributed by atoms with E-state index in [0.717, 1.165) is 22.4 Å². The summed E-state index contributed by atoms with van der Waals surface area (Å²) in [4.78, 5) is 0. The van der Waals surface area contributed by atoms with Crippen molar-refractivity contribution in [2.75, 3.05) is 20.8 Å². The van der Waals surface area contributed by atoms with E-state index in [-0.39, 0.29) is 0 Å². The van der Waals surface area contributed by atoms with E-state index in [1.54, 1.807) is 14.2 Å². The number of ether oxygens (including phenoxy) is 2. The minimum atomic E-state index is 0.358. The van der Waals surface area contributed by atoms with E-state index in [1.165, 1.54) is 11.1 Å². The van der Waals surface area contributed by atoms with Gasteiger partial charge in [-0.05, 0) is 36.4 Å². The highest BCUT2D eigenvalue weighted by Gasteiger charge is 2.23.